The molecule has 5 nitrogen and oxygen atoms in total. The molecule has 2 aromatic heterocycles. The summed E-state index contributed by atoms with van der Waals surface area (Å²) < 4.78 is 7.11. The first kappa shape index (κ1) is 11.0. The van der Waals surface area contributed by atoms with Gasteiger partial charge in [-0.15, -0.1) is 0 Å². The Morgan fingerprint density at radius 3 is 2.89 bits per heavy atom. The number of rotatable bonds is 2. The van der Waals surface area contributed by atoms with Crippen LogP contribution in [-0.4, -0.2) is 14.7 Å². The van der Waals surface area contributed by atoms with Crippen LogP contribution < -0.4 is 5.73 Å². The monoisotopic (exact) mass is 242 g/mol. The van der Waals surface area contributed by atoms with Gasteiger partial charge in [0.25, 0.3) is 0 Å². The van der Waals surface area contributed by atoms with E-state index in [4.69, 9.17) is 10.3 Å². The number of hydrogen-bond donors (Lipinski definition) is 1. The van der Waals surface area contributed by atoms with E-state index in [1.54, 1.807) is 0 Å². The summed E-state index contributed by atoms with van der Waals surface area (Å²) in [4.78, 5) is 4.25. The van der Waals surface area contributed by atoms with Crippen LogP contribution in [-0.2, 0) is 13.6 Å². The van der Waals surface area contributed by atoms with Gasteiger partial charge < -0.3 is 14.8 Å². The Hall–Kier alpha value is -2.14. The maximum Gasteiger partial charge on any atom is 0.240 e. The molecule has 0 saturated carbocycles. The van der Waals surface area contributed by atoms with E-state index in [0.29, 0.717) is 11.7 Å². The summed E-state index contributed by atoms with van der Waals surface area (Å²) in [5.74, 6) is 1.03. The first-order chi connectivity index (χ1) is 8.69. The topological polar surface area (TPSA) is 69.9 Å². The minimum absolute atomic E-state index is 0.260. The second-order valence-electron chi connectivity index (χ2n) is 4.37. The molecular weight excluding hydrogens is 228 g/mol. The van der Waals surface area contributed by atoms with Crippen LogP contribution in [0.5, 0.6) is 0 Å². The molecule has 0 amide bonds. The fourth-order valence-corrected chi connectivity index (χ4v) is 2.10. The van der Waals surface area contributed by atoms with E-state index in [9.17, 15) is 0 Å². The van der Waals surface area contributed by atoms with Gasteiger partial charge in [0.1, 0.15) is 0 Å². The highest BCUT2D eigenvalue weighted by Gasteiger charge is 2.13. The SMILES string of the molecule is Cc1ccc2cc(-c3noc(CN)n3)n(C)c2c1. The number of hydrogen-bond acceptors (Lipinski definition) is 4. The molecule has 18 heavy (non-hydrogen) atoms. The molecule has 0 aliphatic heterocycles. The second kappa shape index (κ2) is 3.96. The van der Waals surface area contributed by atoms with E-state index >= 15 is 0 Å². The van der Waals surface area contributed by atoms with Crippen molar-refractivity contribution in [3.8, 4) is 11.5 Å². The lowest BCUT2D eigenvalue weighted by Crippen LogP contribution is -1.96. The van der Waals surface area contributed by atoms with Gasteiger partial charge in [0.15, 0.2) is 0 Å². The third kappa shape index (κ3) is 1.60. The third-order valence-electron chi connectivity index (χ3n) is 3.07. The molecule has 0 spiro atoms. The molecule has 0 fully saturated rings. The lowest BCUT2D eigenvalue weighted by atomic mass is 10.2. The van der Waals surface area contributed by atoms with Gasteiger partial charge in [-0.25, -0.2) is 0 Å². The lowest BCUT2D eigenvalue weighted by molar-refractivity contribution is 0.380. The molecule has 0 bridgehead atoms. The summed E-state index contributed by atoms with van der Waals surface area (Å²) in [7, 11) is 2.00. The zero-order chi connectivity index (χ0) is 12.7. The van der Waals surface area contributed by atoms with Crippen molar-refractivity contribution < 1.29 is 4.52 Å². The molecule has 0 radical (unpaired) electrons. The van der Waals surface area contributed by atoms with Crippen molar-refractivity contribution in [2.24, 2.45) is 12.8 Å². The van der Waals surface area contributed by atoms with Gasteiger partial charge in [0, 0.05) is 18.0 Å². The first-order valence-corrected chi connectivity index (χ1v) is 5.78. The van der Waals surface area contributed by atoms with Crippen molar-refractivity contribution in [2.45, 2.75) is 13.5 Å². The number of nitrogens with zero attached hydrogens (tertiary/aromatic N) is 3. The smallest absolute Gasteiger partial charge is 0.240 e. The highest BCUT2D eigenvalue weighted by molar-refractivity contribution is 5.86. The average Bonchev–Trinajstić information content (AvgIpc) is 2.95. The minimum Gasteiger partial charge on any atom is -0.341 e. The number of nitrogens with two attached hydrogens (primary N) is 1. The molecule has 0 atom stereocenters. The van der Waals surface area contributed by atoms with E-state index in [1.165, 1.54) is 5.56 Å². The second-order valence-corrected chi connectivity index (χ2v) is 4.37. The summed E-state index contributed by atoms with van der Waals surface area (Å²) >= 11 is 0. The Morgan fingerprint density at radius 1 is 1.33 bits per heavy atom. The van der Waals surface area contributed by atoms with Crippen molar-refractivity contribution in [3.05, 3.63) is 35.7 Å². The van der Waals surface area contributed by atoms with Crippen molar-refractivity contribution in [2.75, 3.05) is 0 Å². The van der Waals surface area contributed by atoms with Crippen molar-refractivity contribution in [1.82, 2.24) is 14.7 Å². The van der Waals surface area contributed by atoms with E-state index < -0.39 is 0 Å². The predicted molar refractivity (Wildman–Crippen MR) is 68.8 cm³/mol. The summed E-state index contributed by atoms with van der Waals surface area (Å²) in [5, 5.41) is 5.11. The van der Waals surface area contributed by atoms with Crippen LogP contribution in [0, 0.1) is 6.92 Å². The number of aryl methyl sites for hydroxylation is 2. The molecule has 0 saturated heterocycles. The molecule has 3 rings (SSSR count). The van der Waals surface area contributed by atoms with Gasteiger partial charge in [-0.1, -0.05) is 17.3 Å². The zero-order valence-electron chi connectivity index (χ0n) is 10.3. The van der Waals surface area contributed by atoms with Crippen LogP contribution in [0.1, 0.15) is 11.5 Å². The maximum atomic E-state index is 5.47. The van der Waals surface area contributed by atoms with Crippen LogP contribution in [0.15, 0.2) is 28.8 Å². The predicted octanol–water partition coefficient (Wildman–Crippen LogP) is 2.00. The quantitative estimate of drug-likeness (QED) is 0.746. The van der Waals surface area contributed by atoms with Gasteiger partial charge in [-0.3, -0.25) is 0 Å². The lowest BCUT2D eigenvalue weighted by Gasteiger charge is -2.00. The fraction of sp³-hybridized carbons (Fsp3) is 0.231. The zero-order valence-corrected chi connectivity index (χ0v) is 10.3. The van der Waals surface area contributed by atoms with E-state index in [1.807, 2.05) is 7.05 Å². The standard InChI is InChI=1S/C13H14N4O/c1-8-3-4-9-6-11(17(2)10(9)5-8)13-15-12(7-14)18-16-13/h3-6H,7,14H2,1-2H3. The summed E-state index contributed by atoms with van der Waals surface area (Å²) in [6, 6.07) is 8.38. The van der Waals surface area contributed by atoms with Crippen LogP contribution in [0.25, 0.3) is 22.4 Å². The molecule has 0 aliphatic rings. The van der Waals surface area contributed by atoms with Gasteiger partial charge >= 0.3 is 0 Å². The highest BCUT2D eigenvalue weighted by Crippen LogP contribution is 2.25. The summed E-state index contributed by atoms with van der Waals surface area (Å²) in [5.41, 5.74) is 8.79. The van der Waals surface area contributed by atoms with Gasteiger partial charge in [0.05, 0.1) is 12.2 Å². The first-order valence-electron chi connectivity index (χ1n) is 5.78. The van der Waals surface area contributed by atoms with Crippen molar-refractivity contribution in [1.29, 1.82) is 0 Å². The number of aromatic nitrogens is 3. The summed E-state index contributed by atoms with van der Waals surface area (Å²) in [6.07, 6.45) is 0. The number of fused-ring (bicyclic) bond motifs is 1. The molecule has 0 unspecified atom stereocenters. The maximum absolute atomic E-state index is 5.47. The molecule has 92 valence electrons. The average molecular weight is 242 g/mol. The Bertz CT molecular complexity index is 711. The van der Waals surface area contributed by atoms with E-state index in [-0.39, 0.29) is 6.54 Å². The molecule has 5 heteroatoms. The van der Waals surface area contributed by atoms with Gasteiger partial charge in [0.2, 0.25) is 11.7 Å². The van der Waals surface area contributed by atoms with Gasteiger partial charge in [-0.05, 0) is 24.6 Å². The highest BCUT2D eigenvalue weighted by atomic mass is 16.5. The third-order valence-corrected chi connectivity index (χ3v) is 3.07. The Balaban J connectivity index is 2.20. The Kier molecular flexibility index (Phi) is 2.41. The van der Waals surface area contributed by atoms with Gasteiger partial charge in [-0.2, -0.15) is 4.98 Å². The minimum atomic E-state index is 0.260. The Labute approximate surface area is 104 Å². The molecule has 1 aromatic carbocycles. The molecule has 2 heterocycles. The summed E-state index contributed by atoms with van der Waals surface area (Å²) in [6.45, 7) is 2.34. The molecule has 2 N–H and O–H groups in total. The van der Waals surface area contributed by atoms with E-state index in [0.717, 1.165) is 16.6 Å². The molecular formula is C13H14N4O. The van der Waals surface area contributed by atoms with Crippen molar-refractivity contribution >= 4 is 10.9 Å². The molecule has 3 aromatic rings. The van der Waals surface area contributed by atoms with E-state index in [2.05, 4.69) is 45.9 Å². The van der Waals surface area contributed by atoms with Crippen LogP contribution in [0.2, 0.25) is 0 Å². The fourth-order valence-electron chi connectivity index (χ4n) is 2.10. The Morgan fingerprint density at radius 2 is 2.17 bits per heavy atom. The van der Waals surface area contributed by atoms with Crippen LogP contribution >= 0.6 is 0 Å². The number of benzene rings is 1. The molecule has 0 aliphatic carbocycles. The van der Waals surface area contributed by atoms with Crippen molar-refractivity contribution in [3.63, 3.8) is 0 Å². The largest absolute Gasteiger partial charge is 0.341 e. The van der Waals surface area contributed by atoms with Crippen LogP contribution in [0.3, 0.4) is 0 Å². The normalized spacial score (nSPS) is 11.3. The van der Waals surface area contributed by atoms with Crippen LogP contribution in [0.4, 0.5) is 0 Å².